The summed E-state index contributed by atoms with van der Waals surface area (Å²) < 4.78 is 10.6. The Hall–Kier alpha value is -2.08. The first kappa shape index (κ1) is 19.2. The van der Waals surface area contributed by atoms with Crippen LogP contribution in [0.4, 0.5) is 0 Å². The molecule has 25 heavy (non-hydrogen) atoms. The molecule has 0 bridgehead atoms. The van der Waals surface area contributed by atoms with Crippen LogP contribution in [0.1, 0.15) is 10.4 Å². The summed E-state index contributed by atoms with van der Waals surface area (Å²) in [5.41, 5.74) is 2.05. The zero-order valence-electron chi connectivity index (χ0n) is 13.9. The number of carbonyl (C=O) groups is 1. The van der Waals surface area contributed by atoms with Gasteiger partial charge in [0.2, 0.25) is 0 Å². The van der Waals surface area contributed by atoms with Gasteiger partial charge in [-0.25, -0.2) is 4.79 Å². The third kappa shape index (κ3) is 5.19. The molecule has 0 aliphatic carbocycles. The first-order chi connectivity index (χ1) is 11.7. The van der Waals surface area contributed by atoms with Crippen molar-refractivity contribution >= 4 is 18.4 Å². The van der Waals surface area contributed by atoms with E-state index >= 15 is 0 Å². The summed E-state index contributed by atoms with van der Waals surface area (Å²) in [5, 5.41) is 9.97. The van der Waals surface area contributed by atoms with E-state index in [4.69, 9.17) is 9.47 Å². The van der Waals surface area contributed by atoms with Crippen LogP contribution in [0.3, 0.4) is 0 Å². The van der Waals surface area contributed by atoms with Crippen LogP contribution in [0.15, 0.2) is 48.5 Å². The van der Waals surface area contributed by atoms with E-state index in [1.807, 2.05) is 30.3 Å². The largest absolute Gasteiger partial charge is 0.507 e. The fourth-order valence-corrected chi connectivity index (χ4v) is 2.68. The van der Waals surface area contributed by atoms with Crippen molar-refractivity contribution in [3.63, 3.8) is 0 Å². The second-order valence-corrected chi connectivity index (χ2v) is 5.69. The van der Waals surface area contributed by atoms with Gasteiger partial charge in [-0.15, -0.1) is 12.4 Å². The lowest BCUT2D eigenvalue weighted by Crippen LogP contribution is -2.38. The van der Waals surface area contributed by atoms with Gasteiger partial charge in [0.15, 0.2) is 0 Å². The van der Waals surface area contributed by atoms with Crippen LogP contribution in [-0.4, -0.2) is 55.4 Å². The predicted molar refractivity (Wildman–Crippen MR) is 98.3 cm³/mol. The van der Waals surface area contributed by atoms with Gasteiger partial charge in [0, 0.05) is 19.6 Å². The van der Waals surface area contributed by atoms with Crippen LogP contribution in [0.5, 0.6) is 5.75 Å². The number of nitrogens with zero attached hydrogens (tertiary/aromatic N) is 1. The minimum atomic E-state index is -0.501. The number of esters is 1. The monoisotopic (exact) mass is 363 g/mol. The zero-order chi connectivity index (χ0) is 16.8. The Bertz CT molecular complexity index is 687. The van der Waals surface area contributed by atoms with Crippen molar-refractivity contribution in [2.24, 2.45) is 0 Å². The number of benzene rings is 2. The number of phenolic OH excluding ortho intramolecular Hbond substituents is 1. The molecule has 1 aliphatic heterocycles. The lowest BCUT2D eigenvalue weighted by Gasteiger charge is -2.26. The van der Waals surface area contributed by atoms with Gasteiger partial charge in [-0.05, 0) is 23.3 Å². The van der Waals surface area contributed by atoms with E-state index in [0.29, 0.717) is 26.4 Å². The Labute approximate surface area is 153 Å². The maximum Gasteiger partial charge on any atom is 0.341 e. The van der Waals surface area contributed by atoms with E-state index in [2.05, 4.69) is 4.90 Å². The molecule has 1 aliphatic rings. The molecule has 3 rings (SSSR count). The number of morpholine rings is 1. The fraction of sp³-hybridized carbons (Fsp3) is 0.316. The van der Waals surface area contributed by atoms with Crippen molar-refractivity contribution in [3.8, 4) is 16.9 Å². The summed E-state index contributed by atoms with van der Waals surface area (Å²) in [6.45, 7) is 4.11. The molecule has 1 saturated heterocycles. The zero-order valence-corrected chi connectivity index (χ0v) is 14.7. The maximum atomic E-state index is 12.3. The van der Waals surface area contributed by atoms with Crippen LogP contribution in [0.25, 0.3) is 11.1 Å². The predicted octanol–water partition coefficient (Wildman–Crippen LogP) is 2.97. The molecule has 0 unspecified atom stereocenters. The summed E-state index contributed by atoms with van der Waals surface area (Å²) in [6, 6.07) is 14.7. The number of aromatic hydroxyl groups is 1. The van der Waals surface area contributed by atoms with Crippen LogP contribution in [-0.2, 0) is 9.47 Å². The Morgan fingerprint density at radius 2 is 1.80 bits per heavy atom. The van der Waals surface area contributed by atoms with Gasteiger partial charge in [-0.2, -0.15) is 0 Å². The van der Waals surface area contributed by atoms with Gasteiger partial charge in [-0.1, -0.05) is 36.4 Å². The Balaban J connectivity index is 0.00000225. The molecule has 0 amide bonds. The molecule has 1 fully saturated rings. The highest BCUT2D eigenvalue weighted by Gasteiger charge is 2.15. The summed E-state index contributed by atoms with van der Waals surface area (Å²) in [6.07, 6.45) is 0. The standard InChI is InChI=1S/C19H21NO4.ClH/c21-18-7-6-16(15-4-2-1-3-5-15)14-17(18)19(22)24-13-10-20-8-11-23-12-9-20;/h1-7,14,21H,8-13H2;1H. The van der Waals surface area contributed by atoms with Crippen LogP contribution < -0.4 is 0 Å². The van der Waals surface area contributed by atoms with E-state index in [1.165, 1.54) is 6.07 Å². The van der Waals surface area contributed by atoms with Crippen molar-refractivity contribution in [3.05, 3.63) is 54.1 Å². The number of carbonyl (C=O) groups excluding carboxylic acids is 1. The molecular weight excluding hydrogens is 342 g/mol. The van der Waals surface area contributed by atoms with Crippen molar-refractivity contribution in [1.29, 1.82) is 0 Å². The second-order valence-electron chi connectivity index (χ2n) is 5.69. The highest BCUT2D eigenvalue weighted by Crippen LogP contribution is 2.26. The highest BCUT2D eigenvalue weighted by molar-refractivity contribution is 5.94. The molecule has 6 heteroatoms. The normalized spacial score (nSPS) is 14.6. The number of hydrogen-bond donors (Lipinski definition) is 1. The average molecular weight is 364 g/mol. The summed E-state index contributed by atoms with van der Waals surface area (Å²) in [4.78, 5) is 14.5. The number of rotatable bonds is 5. The van der Waals surface area contributed by atoms with Gasteiger partial charge in [0.05, 0.1) is 13.2 Å². The SMILES string of the molecule is Cl.O=C(OCCN1CCOCC1)c1cc(-c2ccccc2)ccc1O. The van der Waals surface area contributed by atoms with Crippen LogP contribution >= 0.6 is 12.4 Å². The molecule has 134 valence electrons. The molecule has 1 N–H and O–H groups in total. The third-order valence-electron chi connectivity index (χ3n) is 4.07. The topological polar surface area (TPSA) is 59.0 Å². The van der Waals surface area contributed by atoms with E-state index in [9.17, 15) is 9.90 Å². The third-order valence-corrected chi connectivity index (χ3v) is 4.07. The van der Waals surface area contributed by atoms with Crippen molar-refractivity contribution in [1.82, 2.24) is 4.90 Å². The van der Waals surface area contributed by atoms with Gasteiger partial charge in [-0.3, -0.25) is 4.90 Å². The fourth-order valence-electron chi connectivity index (χ4n) is 2.68. The van der Waals surface area contributed by atoms with Gasteiger partial charge >= 0.3 is 5.97 Å². The van der Waals surface area contributed by atoms with Crippen molar-refractivity contribution in [2.75, 3.05) is 39.5 Å². The first-order valence-electron chi connectivity index (χ1n) is 8.10. The lowest BCUT2D eigenvalue weighted by atomic mass is 10.0. The van der Waals surface area contributed by atoms with E-state index < -0.39 is 5.97 Å². The molecule has 0 aromatic heterocycles. The number of phenols is 1. The highest BCUT2D eigenvalue weighted by atomic mass is 35.5. The summed E-state index contributed by atoms with van der Waals surface area (Å²) in [7, 11) is 0. The maximum absolute atomic E-state index is 12.3. The molecule has 0 spiro atoms. The second kappa shape index (κ2) is 9.42. The van der Waals surface area contributed by atoms with Gasteiger partial charge < -0.3 is 14.6 Å². The average Bonchev–Trinajstić information content (AvgIpc) is 2.63. The molecule has 0 atom stereocenters. The van der Waals surface area contributed by atoms with E-state index in [0.717, 1.165) is 24.2 Å². The number of halogens is 1. The van der Waals surface area contributed by atoms with Crippen LogP contribution in [0.2, 0.25) is 0 Å². The molecule has 2 aromatic rings. The lowest BCUT2D eigenvalue weighted by molar-refractivity contribution is 0.0194. The molecule has 1 heterocycles. The Morgan fingerprint density at radius 1 is 1.08 bits per heavy atom. The van der Waals surface area contributed by atoms with Gasteiger partial charge in [0.1, 0.15) is 17.9 Å². The summed E-state index contributed by atoms with van der Waals surface area (Å²) in [5.74, 6) is -0.565. The molecule has 0 radical (unpaired) electrons. The first-order valence-corrected chi connectivity index (χ1v) is 8.10. The molecule has 5 nitrogen and oxygen atoms in total. The molecular formula is C19H22ClNO4. The molecule has 0 saturated carbocycles. The van der Waals surface area contributed by atoms with E-state index in [-0.39, 0.29) is 23.7 Å². The quantitative estimate of drug-likeness (QED) is 0.827. The minimum Gasteiger partial charge on any atom is -0.507 e. The van der Waals surface area contributed by atoms with E-state index in [1.54, 1.807) is 12.1 Å². The minimum absolute atomic E-state index is 0. The molecule has 2 aromatic carbocycles. The smallest absolute Gasteiger partial charge is 0.341 e. The van der Waals surface area contributed by atoms with Crippen LogP contribution in [0, 0.1) is 0 Å². The Kier molecular flexibility index (Phi) is 7.25. The van der Waals surface area contributed by atoms with Crippen molar-refractivity contribution < 1.29 is 19.4 Å². The number of hydrogen-bond acceptors (Lipinski definition) is 5. The van der Waals surface area contributed by atoms with Gasteiger partial charge in [0.25, 0.3) is 0 Å². The Morgan fingerprint density at radius 3 is 2.52 bits per heavy atom. The van der Waals surface area contributed by atoms with Crippen molar-refractivity contribution in [2.45, 2.75) is 0 Å². The number of ether oxygens (including phenoxy) is 2. The summed E-state index contributed by atoms with van der Waals surface area (Å²) >= 11 is 0.